The van der Waals surface area contributed by atoms with Gasteiger partial charge in [0, 0.05) is 0 Å². The molecule has 1 aliphatic rings. The molecule has 146 valence electrons. The molecule has 28 heavy (non-hydrogen) atoms. The van der Waals surface area contributed by atoms with Crippen LogP contribution in [-0.4, -0.2) is 36.9 Å². The largest absolute Gasteiger partial charge is 0.493 e. The molecule has 0 saturated carbocycles. The molecule has 9 heteroatoms. The van der Waals surface area contributed by atoms with Crippen LogP contribution in [0, 0.1) is 0 Å². The van der Waals surface area contributed by atoms with Crippen molar-refractivity contribution in [3.05, 3.63) is 59.7 Å². The number of hydrogen-bond donors (Lipinski definition) is 1. The second-order valence-corrected chi connectivity index (χ2v) is 6.07. The van der Waals surface area contributed by atoms with Gasteiger partial charge in [0.05, 0.1) is 13.3 Å². The highest BCUT2D eigenvalue weighted by Gasteiger charge is 2.49. The fraction of sp³-hybridized carbons (Fsp3) is 0.211. The third kappa shape index (κ3) is 3.64. The highest BCUT2D eigenvalue weighted by Crippen LogP contribution is 2.30. The SMILES string of the molecule is COc1cc(/C=N\N2C(=O)N[C@](C)(c3ccccc3)C2=O)ccc1OC(F)F. The zero-order valence-corrected chi connectivity index (χ0v) is 15.1. The number of amides is 3. The molecular weight excluding hydrogens is 372 g/mol. The molecule has 1 aliphatic heterocycles. The van der Waals surface area contributed by atoms with Crippen molar-refractivity contribution in [2.24, 2.45) is 5.10 Å². The van der Waals surface area contributed by atoms with Crippen molar-refractivity contribution in [1.82, 2.24) is 10.3 Å². The van der Waals surface area contributed by atoms with Gasteiger partial charge in [0.15, 0.2) is 11.5 Å². The Kier molecular flexibility index (Phi) is 5.25. The van der Waals surface area contributed by atoms with Crippen LogP contribution in [0.4, 0.5) is 13.6 Å². The first kappa shape index (κ1) is 19.3. The van der Waals surface area contributed by atoms with Gasteiger partial charge in [-0.05, 0) is 36.2 Å². The van der Waals surface area contributed by atoms with Crippen LogP contribution in [0.25, 0.3) is 0 Å². The van der Waals surface area contributed by atoms with E-state index in [-0.39, 0.29) is 11.5 Å². The van der Waals surface area contributed by atoms with Gasteiger partial charge in [-0.15, -0.1) is 5.01 Å². The first-order valence-corrected chi connectivity index (χ1v) is 8.24. The van der Waals surface area contributed by atoms with E-state index in [0.29, 0.717) is 11.1 Å². The van der Waals surface area contributed by atoms with E-state index in [0.717, 1.165) is 5.01 Å². The summed E-state index contributed by atoms with van der Waals surface area (Å²) in [5, 5.41) is 7.30. The minimum Gasteiger partial charge on any atom is -0.493 e. The number of halogens is 2. The smallest absolute Gasteiger partial charge is 0.387 e. The van der Waals surface area contributed by atoms with Gasteiger partial charge in [0.2, 0.25) is 0 Å². The maximum Gasteiger partial charge on any atom is 0.387 e. The van der Waals surface area contributed by atoms with Gasteiger partial charge >= 0.3 is 12.6 Å². The van der Waals surface area contributed by atoms with E-state index in [1.807, 2.05) is 0 Å². The van der Waals surface area contributed by atoms with Crippen molar-refractivity contribution in [3.8, 4) is 11.5 Å². The Morgan fingerprint density at radius 2 is 1.86 bits per heavy atom. The van der Waals surface area contributed by atoms with Crippen LogP contribution in [-0.2, 0) is 10.3 Å². The van der Waals surface area contributed by atoms with Crippen LogP contribution < -0.4 is 14.8 Å². The molecule has 2 aromatic carbocycles. The van der Waals surface area contributed by atoms with Crippen molar-refractivity contribution in [3.63, 3.8) is 0 Å². The number of hydrazone groups is 1. The first-order chi connectivity index (χ1) is 13.3. The van der Waals surface area contributed by atoms with Crippen molar-refractivity contribution in [2.45, 2.75) is 19.1 Å². The van der Waals surface area contributed by atoms with Gasteiger partial charge in [-0.2, -0.15) is 13.9 Å². The van der Waals surface area contributed by atoms with E-state index >= 15 is 0 Å². The van der Waals surface area contributed by atoms with E-state index in [9.17, 15) is 18.4 Å². The number of alkyl halides is 2. The second kappa shape index (κ2) is 7.63. The molecule has 0 unspecified atom stereocenters. The quantitative estimate of drug-likeness (QED) is 0.608. The monoisotopic (exact) mass is 389 g/mol. The number of rotatable bonds is 6. The molecule has 1 N–H and O–H groups in total. The predicted molar refractivity (Wildman–Crippen MR) is 96.4 cm³/mol. The molecule has 0 aliphatic carbocycles. The van der Waals surface area contributed by atoms with Gasteiger partial charge in [-0.25, -0.2) is 4.79 Å². The summed E-state index contributed by atoms with van der Waals surface area (Å²) in [5.41, 5.74) is -0.184. The summed E-state index contributed by atoms with van der Waals surface area (Å²) in [6.07, 6.45) is 1.25. The highest BCUT2D eigenvalue weighted by atomic mass is 19.3. The molecule has 7 nitrogen and oxygen atoms in total. The minimum atomic E-state index is -2.99. The normalized spacial score (nSPS) is 19.4. The fourth-order valence-electron chi connectivity index (χ4n) is 2.78. The Labute approximate surface area is 159 Å². The van der Waals surface area contributed by atoms with Crippen molar-refractivity contribution in [1.29, 1.82) is 0 Å². The number of nitrogens with zero attached hydrogens (tertiary/aromatic N) is 2. The van der Waals surface area contributed by atoms with Crippen LogP contribution in [0.1, 0.15) is 18.1 Å². The van der Waals surface area contributed by atoms with E-state index < -0.39 is 24.1 Å². The summed E-state index contributed by atoms with van der Waals surface area (Å²) >= 11 is 0. The van der Waals surface area contributed by atoms with Gasteiger partial charge in [-0.1, -0.05) is 30.3 Å². The van der Waals surface area contributed by atoms with Crippen LogP contribution in [0.3, 0.4) is 0 Å². The number of benzene rings is 2. The molecule has 1 fully saturated rings. The Balaban J connectivity index is 1.83. The van der Waals surface area contributed by atoms with E-state index in [2.05, 4.69) is 15.2 Å². The zero-order valence-electron chi connectivity index (χ0n) is 15.1. The summed E-state index contributed by atoms with van der Waals surface area (Å²) < 4.78 is 34.2. The van der Waals surface area contributed by atoms with Crippen molar-refractivity contribution < 1.29 is 27.8 Å². The van der Waals surface area contributed by atoms with Crippen LogP contribution in [0.15, 0.2) is 53.6 Å². The summed E-state index contributed by atoms with van der Waals surface area (Å²) in [4.78, 5) is 25.0. The third-order valence-electron chi connectivity index (χ3n) is 4.25. The summed E-state index contributed by atoms with van der Waals surface area (Å²) in [6, 6.07) is 12.3. The molecule has 0 spiro atoms. The summed E-state index contributed by atoms with van der Waals surface area (Å²) in [7, 11) is 1.30. The number of hydrogen-bond acceptors (Lipinski definition) is 5. The number of urea groups is 1. The second-order valence-electron chi connectivity index (χ2n) is 6.07. The van der Waals surface area contributed by atoms with E-state index in [1.54, 1.807) is 37.3 Å². The maximum absolute atomic E-state index is 12.8. The standard InChI is InChI=1S/C19H17F2N3O4/c1-19(13-6-4-3-5-7-13)16(25)24(18(26)23-19)22-11-12-8-9-14(28-17(20)21)15(10-12)27-2/h3-11,17H,1-2H3,(H,23,26)/b22-11-/t19-/m1/s1. The van der Waals surface area contributed by atoms with Crippen molar-refractivity contribution in [2.75, 3.05) is 7.11 Å². The van der Waals surface area contributed by atoms with Crippen molar-refractivity contribution >= 4 is 18.2 Å². The molecule has 0 bridgehead atoms. The van der Waals surface area contributed by atoms with Crippen LogP contribution >= 0.6 is 0 Å². The lowest BCUT2D eigenvalue weighted by molar-refractivity contribution is -0.131. The van der Waals surface area contributed by atoms with Gasteiger partial charge < -0.3 is 14.8 Å². The third-order valence-corrected chi connectivity index (χ3v) is 4.25. The molecule has 0 aromatic heterocycles. The molecule has 1 atom stereocenters. The molecular formula is C19H17F2N3O4. The molecule has 1 heterocycles. The molecule has 3 rings (SSSR count). The number of methoxy groups -OCH3 is 1. The number of carbonyl (C=O) groups excluding carboxylic acids is 2. The maximum atomic E-state index is 12.8. The predicted octanol–water partition coefficient (Wildman–Crippen LogP) is 3.10. The zero-order chi connectivity index (χ0) is 20.3. The van der Waals surface area contributed by atoms with E-state index in [4.69, 9.17) is 4.74 Å². The first-order valence-electron chi connectivity index (χ1n) is 8.24. The Morgan fingerprint density at radius 1 is 1.14 bits per heavy atom. The molecule has 1 saturated heterocycles. The van der Waals surface area contributed by atoms with Crippen LogP contribution in [0.5, 0.6) is 11.5 Å². The molecule has 2 aromatic rings. The number of carbonyl (C=O) groups is 2. The molecule has 3 amide bonds. The van der Waals surface area contributed by atoms with E-state index in [1.165, 1.54) is 31.5 Å². The highest BCUT2D eigenvalue weighted by molar-refractivity contribution is 6.07. The topological polar surface area (TPSA) is 80.2 Å². The van der Waals surface area contributed by atoms with Crippen LogP contribution in [0.2, 0.25) is 0 Å². The lowest BCUT2D eigenvalue weighted by Gasteiger charge is -2.20. The average Bonchev–Trinajstić information content (AvgIpc) is 2.90. The Morgan fingerprint density at radius 3 is 2.50 bits per heavy atom. The number of ether oxygens (including phenoxy) is 2. The Bertz CT molecular complexity index is 921. The lowest BCUT2D eigenvalue weighted by Crippen LogP contribution is -2.40. The fourth-order valence-corrected chi connectivity index (χ4v) is 2.78. The van der Waals surface area contributed by atoms with Gasteiger partial charge in [0.1, 0.15) is 5.54 Å². The minimum absolute atomic E-state index is 0.0653. The summed E-state index contributed by atoms with van der Waals surface area (Å²) in [5.74, 6) is -0.610. The summed E-state index contributed by atoms with van der Waals surface area (Å²) in [6.45, 7) is -1.40. The van der Waals surface area contributed by atoms with Gasteiger partial charge in [-0.3, -0.25) is 4.79 Å². The molecule has 0 radical (unpaired) electrons. The number of imide groups is 1. The number of nitrogens with one attached hydrogen (secondary N) is 1. The lowest BCUT2D eigenvalue weighted by atomic mass is 9.92. The Hall–Kier alpha value is -3.49. The van der Waals surface area contributed by atoms with Gasteiger partial charge in [0.25, 0.3) is 5.91 Å². The average molecular weight is 389 g/mol.